The fourth-order valence-corrected chi connectivity index (χ4v) is 7.21. The van der Waals surface area contributed by atoms with E-state index in [2.05, 4.69) is 26.6 Å². The van der Waals surface area contributed by atoms with Crippen molar-refractivity contribution >= 4 is 50.9 Å². The molecule has 2 bridgehead atoms. The predicted octanol–water partition coefficient (Wildman–Crippen LogP) is 3.29. The van der Waals surface area contributed by atoms with Crippen LogP contribution in [0, 0.1) is 11.8 Å². The maximum Gasteiger partial charge on any atom is 0.250 e. The van der Waals surface area contributed by atoms with E-state index in [1.807, 2.05) is 37.3 Å². The number of alkyl halides is 1. The van der Waals surface area contributed by atoms with Crippen LogP contribution in [0.5, 0.6) is 0 Å². The van der Waals surface area contributed by atoms with Gasteiger partial charge in [0, 0.05) is 22.1 Å². The summed E-state index contributed by atoms with van der Waals surface area (Å²) in [4.78, 5) is 42.7. The summed E-state index contributed by atoms with van der Waals surface area (Å²) in [5.41, 5.74) is -0.0129. The first kappa shape index (κ1) is 26.2. The Morgan fingerprint density at radius 2 is 1.89 bits per heavy atom. The zero-order valence-corrected chi connectivity index (χ0v) is 22.6. The van der Waals surface area contributed by atoms with Crippen molar-refractivity contribution in [3.8, 4) is 0 Å². The molecule has 2 aromatic carbocycles. The van der Waals surface area contributed by atoms with Crippen LogP contribution in [-0.4, -0.2) is 63.5 Å². The summed E-state index contributed by atoms with van der Waals surface area (Å²) in [6, 6.07) is 13.9. The Bertz CT molecular complexity index is 1180. The average molecular weight is 591 g/mol. The van der Waals surface area contributed by atoms with Gasteiger partial charge in [0.15, 0.2) is 0 Å². The zero-order chi connectivity index (χ0) is 26.3. The van der Waals surface area contributed by atoms with Crippen LogP contribution in [0.4, 0.5) is 5.69 Å². The van der Waals surface area contributed by atoms with Crippen LogP contribution in [0.1, 0.15) is 31.4 Å². The van der Waals surface area contributed by atoms with E-state index in [-0.39, 0.29) is 16.6 Å². The van der Waals surface area contributed by atoms with E-state index in [0.717, 1.165) is 6.42 Å². The van der Waals surface area contributed by atoms with E-state index in [4.69, 9.17) is 16.3 Å². The van der Waals surface area contributed by atoms with Crippen molar-refractivity contribution < 1.29 is 24.2 Å². The van der Waals surface area contributed by atoms with Crippen molar-refractivity contribution in [3.05, 3.63) is 65.2 Å². The van der Waals surface area contributed by atoms with Crippen LogP contribution in [0.25, 0.3) is 0 Å². The Hall–Kier alpha value is -2.46. The lowest BCUT2D eigenvalue weighted by atomic mass is 9.70. The van der Waals surface area contributed by atoms with E-state index in [9.17, 15) is 19.5 Å². The number of aliphatic hydroxyl groups is 1. The molecule has 3 aliphatic rings. The number of nitrogens with one attached hydrogen (secondary N) is 2. The number of amides is 3. The highest BCUT2D eigenvalue weighted by Gasteiger charge is 2.77. The first-order valence-electron chi connectivity index (χ1n) is 12.5. The molecule has 3 heterocycles. The van der Waals surface area contributed by atoms with Crippen molar-refractivity contribution in [1.29, 1.82) is 0 Å². The molecule has 3 saturated heterocycles. The molecule has 0 aromatic heterocycles. The second kappa shape index (κ2) is 10.4. The molecule has 3 fully saturated rings. The van der Waals surface area contributed by atoms with Gasteiger partial charge in [-0.3, -0.25) is 14.4 Å². The molecule has 0 saturated carbocycles. The van der Waals surface area contributed by atoms with Gasteiger partial charge in [0.25, 0.3) is 0 Å². The number of carbonyl (C=O) groups is 3. The molecule has 0 radical (unpaired) electrons. The Balaban J connectivity index is 1.58. The number of nitrogens with zero attached hydrogens (tertiary/aromatic N) is 1. The molecule has 3 aliphatic heterocycles. The molecular formula is C27H29BrClN3O5. The third-order valence-corrected chi connectivity index (χ3v) is 8.73. The highest BCUT2D eigenvalue weighted by atomic mass is 79.9. The van der Waals surface area contributed by atoms with Gasteiger partial charge in [-0.2, -0.15) is 0 Å². The van der Waals surface area contributed by atoms with Gasteiger partial charge in [0.1, 0.15) is 11.6 Å². The zero-order valence-electron chi connectivity index (χ0n) is 20.3. The summed E-state index contributed by atoms with van der Waals surface area (Å²) in [7, 11) is 0. The molecule has 7 atom stereocenters. The minimum Gasteiger partial charge on any atom is -0.394 e. The van der Waals surface area contributed by atoms with Gasteiger partial charge < -0.3 is 25.4 Å². The highest BCUT2D eigenvalue weighted by molar-refractivity contribution is 9.09. The van der Waals surface area contributed by atoms with Crippen LogP contribution in [0.15, 0.2) is 54.6 Å². The van der Waals surface area contributed by atoms with E-state index in [1.54, 1.807) is 24.3 Å². The van der Waals surface area contributed by atoms with Crippen LogP contribution in [-0.2, 0) is 19.1 Å². The Labute approximate surface area is 228 Å². The summed E-state index contributed by atoms with van der Waals surface area (Å²) >= 11 is 9.67. The highest BCUT2D eigenvalue weighted by Crippen LogP contribution is 2.61. The third kappa shape index (κ3) is 4.35. The Kier molecular flexibility index (Phi) is 7.33. The van der Waals surface area contributed by atoms with Gasteiger partial charge in [-0.1, -0.05) is 64.8 Å². The largest absolute Gasteiger partial charge is 0.394 e. The number of carbonyl (C=O) groups excluding carboxylic acids is 3. The second-order valence-corrected chi connectivity index (χ2v) is 11.4. The fourth-order valence-electron chi connectivity index (χ4n) is 6.14. The topological polar surface area (TPSA) is 108 Å². The molecule has 0 aliphatic carbocycles. The van der Waals surface area contributed by atoms with Gasteiger partial charge in [-0.05, 0) is 42.7 Å². The number of fused-ring (bicyclic) bond motifs is 1. The van der Waals surface area contributed by atoms with Gasteiger partial charge in [-0.15, -0.1) is 0 Å². The molecule has 8 nitrogen and oxygen atoms in total. The smallest absolute Gasteiger partial charge is 0.250 e. The van der Waals surface area contributed by atoms with E-state index < -0.39 is 48.1 Å². The number of benzene rings is 2. The maximum absolute atomic E-state index is 14.2. The summed E-state index contributed by atoms with van der Waals surface area (Å²) in [6.07, 6.45) is 0.598. The van der Waals surface area contributed by atoms with Crippen molar-refractivity contribution in [2.45, 2.75) is 48.4 Å². The number of hydrogen-bond acceptors (Lipinski definition) is 5. The minimum absolute atomic E-state index is 0.205. The van der Waals surface area contributed by atoms with Crippen molar-refractivity contribution in [3.63, 3.8) is 0 Å². The van der Waals surface area contributed by atoms with E-state index in [1.165, 1.54) is 4.90 Å². The molecule has 37 heavy (non-hydrogen) atoms. The quantitative estimate of drug-likeness (QED) is 0.409. The molecular weight excluding hydrogens is 562 g/mol. The molecule has 2 aromatic rings. The lowest BCUT2D eigenvalue weighted by molar-refractivity contribution is -0.144. The number of halogens is 2. The lowest BCUT2D eigenvalue weighted by Crippen LogP contribution is -2.55. The molecule has 10 heteroatoms. The number of anilines is 1. The minimum atomic E-state index is -1.22. The maximum atomic E-state index is 14.2. The molecule has 1 spiro atoms. The van der Waals surface area contributed by atoms with Crippen LogP contribution in [0.2, 0.25) is 5.02 Å². The van der Waals surface area contributed by atoms with Gasteiger partial charge in [0.05, 0.1) is 30.6 Å². The molecule has 3 amide bonds. The van der Waals surface area contributed by atoms with Crippen LogP contribution < -0.4 is 10.6 Å². The number of rotatable bonds is 8. The van der Waals surface area contributed by atoms with Crippen molar-refractivity contribution in [1.82, 2.24) is 10.2 Å². The SMILES string of the molecule is CCCNC(=O)[C@H]1[C@H]2C(=O)N([C@H](CO)c3ccccc3)C(C(=O)Nc3ccc(Cl)cc3)C23CC(Br)[C@@H]1O3. The van der Waals surface area contributed by atoms with Crippen LogP contribution >= 0.6 is 27.5 Å². The second-order valence-electron chi connectivity index (χ2n) is 9.81. The normalized spacial score (nSPS) is 30.8. The number of ether oxygens (including phenoxy) is 1. The fraction of sp³-hybridized carbons (Fsp3) is 0.444. The van der Waals surface area contributed by atoms with Crippen molar-refractivity contribution in [2.24, 2.45) is 11.8 Å². The standard InChI is InChI=1S/C27H29BrClN3O5/c1-2-12-30-24(34)20-21-26(36)32(19(14-33)15-6-4-3-5-7-15)23(27(21)13-18(28)22(20)37-27)25(35)31-17-10-8-16(29)9-11-17/h3-11,18-23,33H,2,12-14H2,1H3,(H,30,34)(H,31,35)/t18?,19-,20+,21+,22+,23?,27?/m1/s1. The molecule has 5 rings (SSSR count). The van der Waals surface area contributed by atoms with Gasteiger partial charge in [0.2, 0.25) is 17.7 Å². The summed E-state index contributed by atoms with van der Waals surface area (Å²) in [6.45, 7) is 2.05. The van der Waals surface area contributed by atoms with Gasteiger partial charge >= 0.3 is 0 Å². The average Bonchev–Trinajstić information content (AvgIpc) is 3.49. The van der Waals surface area contributed by atoms with Gasteiger partial charge in [-0.25, -0.2) is 0 Å². The summed E-state index contributed by atoms with van der Waals surface area (Å²) < 4.78 is 6.50. The molecule has 3 N–H and O–H groups in total. The van der Waals surface area contributed by atoms with Crippen LogP contribution in [0.3, 0.4) is 0 Å². The molecule has 196 valence electrons. The Morgan fingerprint density at radius 3 is 2.54 bits per heavy atom. The summed E-state index contributed by atoms with van der Waals surface area (Å²) in [5, 5.41) is 16.8. The summed E-state index contributed by atoms with van der Waals surface area (Å²) in [5.74, 6) is -2.65. The monoisotopic (exact) mass is 589 g/mol. The first-order valence-corrected chi connectivity index (χ1v) is 13.8. The molecule has 3 unspecified atom stereocenters. The third-order valence-electron chi connectivity index (χ3n) is 7.63. The number of hydrogen-bond donors (Lipinski definition) is 3. The van der Waals surface area contributed by atoms with Crippen molar-refractivity contribution in [2.75, 3.05) is 18.5 Å². The first-order chi connectivity index (χ1) is 17.8. The van der Waals surface area contributed by atoms with E-state index in [0.29, 0.717) is 29.2 Å². The predicted molar refractivity (Wildman–Crippen MR) is 142 cm³/mol. The van der Waals surface area contributed by atoms with E-state index >= 15 is 0 Å². The Morgan fingerprint density at radius 1 is 1.19 bits per heavy atom. The number of aliphatic hydroxyl groups excluding tert-OH is 1. The number of likely N-dealkylation sites (tertiary alicyclic amines) is 1. The lowest BCUT2D eigenvalue weighted by Gasteiger charge is -2.37.